The molecule has 6 heteroatoms. The number of pyridine rings is 1. The van der Waals surface area contributed by atoms with Gasteiger partial charge in [0.25, 0.3) is 0 Å². The first kappa shape index (κ1) is 13.8. The van der Waals surface area contributed by atoms with E-state index >= 15 is 0 Å². The predicted octanol–water partition coefficient (Wildman–Crippen LogP) is 3.59. The van der Waals surface area contributed by atoms with Crippen LogP contribution in [0.15, 0.2) is 36.5 Å². The normalized spacial score (nSPS) is 10.8. The van der Waals surface area contributed by atoms with E-state index in [1.165, 1.54) is 0 Å². The van der Waals surface area contributed by atoms with Gasteiger partial charge in [-0.05, 0) is 30.3 Å². The number of ether oxygens (including phenoxy) is 2. The van der Waals surface area contributed by atoms with Gasteiger partial charge in [0.2, 0.25) is 0 Å². The molecule has 0 aliphatic rings. The van der Waals surface area contributed by atoms with Crippen LogP contribution in [-0.2, 0) is 11.3 Å². The molecule has 0 amide bonds. The first-order valence-corrected chi connectivity index (χ1v) is 7.26. The van der Waals surface area contributed by atoms with Crippen molar-refractivity contribution >= 4 is 32.5 Å². The summed E-state index contributed by atoms with van der Waals surface area (Å²) in [6, 6.07) is 9.80. The minimum absolute atomic E-state index is 0.500. The molecule has 108 valence electrons. The van der Waals surface area contributed by atoms with Gasteiger partial charge in [0.15, 0.2) is 10.8 Å². The Balaban J connectivity index is 1.88. The Labute approximate surface area is 126 Å². The molecule has 1 aromatic carbocycles. The summed E-state index contributed by atoms with van der Waals surface area (Å²) in [4.78, 5) is 8.70. The van der Waals surface area contributed by atoms with Crippen LogP contribution in [-0.4, -0.2) is 24.2 Å². The van der Waals surface area contributed by atoms with Crippen LogP contribution >= 0.6 is 11.3 Å². The zero-order chi connectivity index (χ0) is 14.7. The van der Waals surface area contributed by atoms with Crippen molar-refractivity contribution in [1.82, 2.24) is 9.97 Å². The highest BCUT2D eigenvalue weighted by Crippen LogP contribution is 2.29. The van der Waals surface area contributed by atoms with Crippen molar-refractivity contribution in [1.29, 1.82) is 0 Å². The lowest BCUT2D eigenvalue weighted by Crippen LogP contribution is -1.96. The molecular formula is C15H15N3O2S. The smallest absolute Gasteiger partial charge is 0.189 e. The van der Waals surface area contributed by atoms with Crippen LogP contribution in [0.2, 0.25) is 0 Å². The van der Waals surface area contributed by atoms with E-state index in [4.69, 9.17) is 9.47 Å². The Morgan fingerprint density at radius 2 is 2.14 bits per heavy atom. The zero-order valence-electron chi connectivity index (χ0n) is 11.8. The number of methoxy groups -OCH3 is 2. The maximum absolute atomic E-state index is 5.32. The molecule has 21 heavy (non-hydrogen) atoms. The molecule has 0 aliphatic carbocycles. The van der Waals surface area contributed by atoms with Gasteiger partial charge in [-0.3, -0.25) is 0 Å². The monoisotopic (exact) mass is 301 g/mol. The Morgan fingerprint density at radius 3 is 2.90 bits per heavy atom. The maximum atomic E-state index is 5.32. The third-order valence-electron chi connectivity index (χ3n) is 3.00. The minimum atomic E-state index is 0.500. The standard InChI is InChI=1S/C15H15N3O2S/c1-19-9-10-8-11(5-6-12(10)20-2)17-15-18-14-13(21-15)4-3-7-16-14/h3-8H,9H2,1-2H3,(H,16,17,18). The summed E-state index contributed by atoms with van der Waals surface area (Å²) < 4.78 is 11.6. The number of hydrogen-bond donors (Lipinski definition) is 1. The summed E-state index contributed by atoms with van der Waals surface area (Å²) in [6.07, 6.45) is 1.75. The summed E-state index contributed by atoms with van der Waals surface area (Å²) in [7, 11) is 3.32. The van der Waals surface area contributed by atoms with Crippen LogP contribution in [0, 0.1) is 0 Å². The minimum Gasteiger partial charge on any atom is -0.496 e. The Hall–Kier alpha value is -2.18. The number of benzene rings is 1. The molecule has 1 N–H and O–H groups in total. The van der Waals surface area contributed by atoms with E-state index in [0.717, 1.165) is 32.5 Å². The quantitative estimate of drug-likeness (QED) is 0.780. The highest BCUT2D eigenvalue weighted by molar-refractivity contribution is 7.22. The number of aromatic nitrogens is 2. The van der Waals surface area contributed by atoms with Gasteiger partial charge in [0.05, 0.1) is 18.4 Å². The SMILES string of the molecule is COCc1cc(Nc2nc3ncccc3s2)ccc1OC. The lowest BCUT2D eigenvalue weighted by atomic mass is 10.2. The Kier molecular flexibility index (Phi) is 3.98. The van der Waals surface area contributed by atoms with Crippen molar-refractivity contribution in [2.24, 2.45) is 0 Å². The molecule has 2 aromatic heterocycles. The van der Waals surface area contributed by atoms with E-state index in [9.17, 15) is 0 Å². The summed E-state index contributed by atoms with van der Waals surface area (Å²) in [6.45, 7) is 0.500. The van der Waals surface area contributed by atoms with Crippen molar-refractivity contribution in [3.05, 3.63) is 42.1 Å². The molecule has 0 saturated carbocycles. The van der Waals surface area contributed by atoms with Crippen LogP contribution in [0.3, 0.4) is 0 Å². The fourth-order valence-corrected chi connectivity index (χ4v) is 2.92. The average Bonchev–Trinajstić information content (AvgIpc) is 2.90. The summed E-state index contributed by atoms with van der Waals surface area (Å²) >= 11 is 1.57. The molecule has 0 radical (unpaired) electrons. The lowest BCUT2D eigenvalue weighted by molar-refractivity contribution is 0.181. The third kappa shape index (κ3) is 2.96. The maximum Gasteiger partial charge on any atom is 0.189 e. The topological polar surface area (TPSA) is 56.3 Å². The molecule has 0 bridgehead atoms. The molecule has 3 aromatic rings. The second-order valence-corrected chi connectivity index (χ2v) is 5.46. The number of thiazole rings is 1. The fraction of sp³-hybridized carbons (Fsp3) is 0.200. The van der Waals surface area contributed by atoms with Crippen molar-refractivity contribution in [2.75, 3.05) is 19.5 Å². The second-order valence-electron chi connectivity index (χ2n) is 4.43. The molecule has 0 atom stereocenters. The second kappa shape index (κ2) is 6.07. The molecule has 2 heterocycles. The van der Waals surface area contributed by atoms with E-state index in [0.29, 0.717) is 6.61 Å². The molecule has 5 nitrogen and oxygen atoms in total. The van der Waals surface area contributed by atoms with E-state index in [-0.39, 0.29) is 0 Å². The summed E-state index contributed by atoms with van der Waals surface area (Å²) in [5.41, 5.74) is 2.70. The molecule has 0 saturated heterocycles. The molecule has 0 unspecified atom stereocenters. The average molecular weight is 301 g/mol. The molecule has 0 fully saturated rings. The number of nitrogens with one attached hydrogen (secondary N) is 1. The van der Waals surface area contributed by atoms with E-state index in [2.05, 4.69) is 15.3 Å². The first-order chi connectivity index (χ1) is 10.3. The molecule has 0 aliphatic heterocycles. The van der Waals surface area contributed by atoms with Gasteiger partial charge in [0.1, 0.15) is 5.75 Å². The van der Waals surface area contributed by atoms with E-state index < -0.39 is 0 Å². The van der Waals surface area contributed by atoms with Gasteiger partial charge in [-0.1, -0.05) is 11.3 Å². The number of nitrogens with zero attached hydrogens (tertiary/aromatic N) is 2. The first-order valence-electron chi connectivity index (χ1n) is 6.44. The summed E-state index contributed by atoms with van der Waals surface area (Å²) in [5, 5.41) is 4.12. The number of hydrogen-bond acceptors (Lipinski definition) is 6. The fourth-order valence-electron chi connectivity index (χ4n) is 2.07. The van der Waals surface area contributed by atoms with Gasteiger partial charge in [0, 0.05) is 24.6 Å². The molecule has 3 rings (SSSR count). The third-order valence-corrected chi connectivity index (χ3v) is 3.92. The zero-order valence-corrected chi connectivity index (χ0v) is 12.6. The van der Waals surface area contributed by atoms with Gasteiger partial charge >= 0.3 is 0 Å². The predicted molar refractivity (Wildman–Crippen MR) is 84.4 cm³/mol. The summed E-state index contributed by atoms with van der Waals surface area (Å²) in [5.74, 6) is 0.813. The van der Waals surface area contributed by atoms with Crippen molar-refractivity contribution < 1.29 is 9.47 Å². The Morgan fingerprint density at radius 1 is 1.24 bits per heavy atom. The number of fused-ring (bicyclic) bond motifs is 1. The highest BCUT2D eigenvalue weighted by Gasteiger charge is 2.07. The van der Waals surface area contributed by atoms with Crippen LogP contribution in [0.1, 0.15) is 5.56 Å². The van der Waals surface area contributed by atoms with Crippen LogP contribution < -0.4 is 10.1 Å². The molecular weight excluding hydrogens is 286 g/mol. The van der Waals surface area contributed by atoms with Crippen LogP contribution in [0.5, 0.6) is 5.75 Å². The van der Waals surface area contributed by atoms with Crippen molar-refractivity contribution in [3.8, 4) is 5.75 Å². The van der Waals surface area contributed by atoms with E-state index in [1.54, 1.807) is 31.8 Å². The van der Waals surface area contributed by atoms with Gasteiger partial charge in [-0.25, -0.2) is 4.98 Å². The van der Waals surface area contributed by atoms with Crippen molar-refractivity contribution in [2.45, 2.75) is 6.61 Å². The Bertz CT molecular complexity index is 725. The lowest BCUT2D eigenvalue weighted by Gasteiger charge is -2.10. The number of rotatable bonds is 5. The van der Waals surface area contributed by atoms with Crippen LogP contribution in [0.25, 0.3) is 10.3 Å². The van der Waals surface area contributed by atoms with Gasteiger partial charge < -0.3 is 14.8 Å². The highest BCUT2D eigenvalue weighted by atomic mass is 32.1. The van der Waals surface area contributed by atoms with Crippen LogP contribution in [0.4, 0.5) is 10.8 Å². The van der Waals surface area contributed by atoms with E-state index in [1.807, 2.05) is 30.3 Å². The molecule has 0 spiro atoms. The van der Waals surface area contributed by atoms with Gasteiger partial charge in [-0.2, -0.15) is 4.98 Å². The number of anilines is 2. The van der Waals surface area contributed by atoms with Gasteiger partial charge in [-0.15, -0.1) is 0 Å². The van der Waals surface area contributed by atoms with Crippen molar-refractivity contribution in [3.63, 3.8) is 0 Å². The largest absolute Gasteiger partial charge is 0.496 e.